The summed E-state index contributed by atoms with van der Waals surface area (Å²) in [6.45, 7) is 5.62. The number of aromatic nitrogens is 1. The summed E-state index contributed by atoms with van der Waals surface area (Å²) in [5, 5.41) is 11.6. The molecule has 1 aliphatic rings. The molecule has 0 atom stereocenters. The van der Waals surface area contributed by atoms with Crippen molar-refractivity contribution in [2.24, 2.45) is 0 Å². The SMILES string of the molecule is CC1=C(C)C(=Cc2[nH]cc(C)c2CCC(=O)O)NC1=O. The summed E-state index contributed by atoms with van der Waals surface area (Å²) in [7, 11) is 0. The van der Waals surface area contributed by atoms with E-state index in [0.29, 0.717) is 12.0 Å². The van der Waals surface area contributed by atoms with Crippen molar-refractivity contribution in [3.63, 3.8) is 0 Å². The monoisotopic (exact) mass is 274 g/mol. The van der Waals surface area contributed by atoms with E-state index in [1.165, 1.54) is 0 Å². The number of nitrogens with one attached hydrogen (secondary N) is 2. The lowest BCUT2D eigenvalue weighted by molar-refractivity contribution is -0.137. The molecule has 0 aromatic carbocycles. The second-order valence-corrected chi connectivity index (χ2v) is 5.02. The van der Waals surface area contributed by atoms with Crippen molar-refractivity contribution >= 4 is 18.0 Å². The van der Waals surface area contributed by atoms with Gasteiger partial charge in [0, 0.05) is 29.6 Å². The van der Waals surface area contributed by atoms with Crippen LogP contribution in [-0.4, -0.2) is 22.0 Å². The lowest BCUT2D eigenvalue weighted by atomic mass is 10.0. The summed E-state index contributed by atoms with van der Waals surface area (Å²) in [6.07, 6.45) is 4.29. The zero-order valence-corrected chi connectivity index (χ0v) is 11.8. The Morgan fingerprint density at radius 1 is 1.30 bits per heavy atom. The van der Waals surface area contributed by atoms with Gasteiger partial charge in [-0.05, 0) is 50.0 Å². The average Bonchev–Trinajstić information content (AvgIpc) is 2.84. The molecule has 2 rings (SSSR count). The van der Waals surface area contributed by atoms with Gasteiger partial charge in [-0.1, -0.05) is 0 Å². The highest BCUT2D eigenvalue weighted by atomic mass is 16.4. The van der Waals surface area contributed by atoms with E-state index < -0.39 is 5.97 Å². The molecular formula is C15H18N2O3. The molecule has 5 nitrogen and oxygen atoms in total. The van der Waals surface area contributed by atoms with E-state index >= 15 is 0 Å². The Balaban J connectivity index is 2.31. The molecule has 20 heavy (non-hydrogen) atoms. The van der Waals surface area contributed by atoms with Crippen molar-refractivity contribution in [1.29, 1.82) is 0 Å². The molecule has 0 bridgehead atoms. The van der Waals surface area contributed by atoms with Crippen molar-refractivity contribution in [3.05, 3.63) is 39.9 Å². The van der Waals surface area contributed by atoms with E-state index in [1.807, 2.05) is 26.1 Å². The van der Waals surface area contributed by atoms with Crippen LogP contribution in [0.15, 0.2) is 23.0 Å². The number of aryl methyl sites for hydroxylation is 1. The fourth-order valence-electron chi connectivity index (χ4n) is 2.24. The third-order valence-electron chi connectivity index (χ3n) is 3.68. The van der Waals surface area contributed by atoms with Crippen LogP contribution in [0.25, 0.3) is 6.08 Å². The standard InChI is InChI=1S/C15H18N2O3/c1-8-7-16-13(11(8)4-5-14(18)19)6-12-9(2)10(3)15(20)17-12/h6-7,16H,4-5H2,1-3H3,(H,17,20)(H,18,19). The average molecular weight is 274 g/mol. The number of amides is 1. The Bertz CT molecular complexity index is 636. The second kappa shape index (κ2) is 5.36. The number of hydrogen-bond acceptors (Lipinski definition) is 2. The van der Waals surface area contributed by atoms with Crippen LogP contribution in [0.2, 0.25) is 0 Å². The molecule has 106 valence electrons. The van der Waals surface area contributed by atoms with E-state index in [9.17, 15) is 9.59 Å². The van der Waals surface area contributed by atoms with Gasteiger partial charge >= 0.3 is 5.97 Å². The Morgan fingerprint density at radius 2 is 2.00 bits per heavy atom. The lowest BCUT2D eigenvalue weighted by Gasteiger charge is -2.03. The van der Waals surface area contributed by atoms with Crippen molar-refractivity contribution in [1.82, 2.24) is 10.3 Å². The fraction of sp³-hybridized carbons (Fsp3) is 0.333. The third-order valence-corrected chi connectivity index (χ3v) is 3.68. The first-order chi connectivity index (χ1) is 9.40. The van der Waals surface area contributed by atoms with Gasteiger partial charge in [0.25, 0.3) is 5.91 Å². The highest BCUT2D eigenvalue weighted by molar-refractivity contribution is 6.00. The largest absolute Gasteiger partial charge is 0.481 e. The van der Waals surface area contributed by atoms with Crippen LogP contribution in [0.5, 0.6) is 0 Å². The minimum Gasteiger partial charge on any atom is -0.481 e. The first-order valence-electron chi connectivity index (χ1n) is 6.49. The third kappa shape index (κ3) is 2.66. The summed E-state index contributed by atoms with van der Waals surface area (Å²) < 4.78 is 0. The maximum atomic E-state index is 11.6. The summed E-state index contributed by atoms with van der Waals surface area (Å²) >= 11 is 0. The molecule has 1 amide bonds. The number of rotatable bonds is 4. The number of H-pyrrole nitrogens is 1. The van der Waals surface area contributed by atoms with Crippen LogP contribution in [-0.2, 0) is 16.0 Å². The van der Waals surface area contributed by atoms with Gasteiger partial charge in [-0.15, -0.1) is 0 Å². The van der Waals surface area contributed by atoms with E-state index in [0.717, 1.165) is 28.1 Å². The predicted molar refractivity (Wildman–Crippen MR) is 76.0 cm³/mol. The Morgan fingerprint density at radius 3 is 2.55 bits per heavy atom. The smallest absolute Gasteiger partial charge is 0.303 e. The molecule has 1 aromatic heterocycles. The number of aromatic amines is 1. The Labute approximate surface area is 117 Å². The number of carboxylic acid groups (broad SMARTS) is 1. The van der Waals surface area contributed by atoms with Crippen LogP contribution in [0.1, 0.15) is 37.1 Å². The molecule has 0 aliphatic carbocycles. The lowest BCUT2D eigenvalue weighted by Crippen LogP contribution is -2.15. The van der Waals surface area contributed by atoms with Gasteiger partial charge < -0.3 is 15.4 Å². The topological polar surface area (TPSA) is 82.2 Å². The van der Waals surface area contributed by atoms with Crippen molar-refractivity contribution in [2.75, 3.05) is 0 Å². The maximum Gasteiger partial charge on any atom is 0.303 e. The highest BCUT2D eigenvalue weighted by Gasteiger charge is 2.21. The molecular weight excluding hydrogens is 256 g/mol. The molecule has 0 fully saturated rings. The van der Waals surface area contributed by atoms with E-state index in [1.54, 1.807) is 6.92 Å². The zero-order valence-electron chi connectivity index (χ0n) is 11.8. The zero-order chi connectivity index (χ0) is 14.9. The van der Waals surface area contributed by atoms with Crippen LogP contribution in [0.3, 0.4) is 0 Å². The first-order valence-corrected chi connectivity index (χ1v) is 6.49. The fourth-order valence-corrected chi connectivity index (χ4v) is 2.24. The molecule has 3 N–H and O–H groups in total. The summed E-state index contributed by atoms with van der Waals surface area (Å²) in [4.78, 5) is 25.4. The van der Waals surface area contributed by atoms with Gasteiger partial charge in [0.1, 0.15) is 0 Å². The van der Waals surface area contributed by atoms with E-state index in [4.69, 9.17) is 5.11 Å². The minimum absolute atomic E-state index is 0.0795. The number of carbonyl (C=O) groups excluding carboxylic acids is 1. The number of aliphatic carboxylic acids is 1. The highest BCUT2D eigenvalue weighted by Crippen LogP contribution is 2.24. The molecule has 5 heteroatoms. The molecule has 2 heterocycles. The minimum atomic E-state index is -0.815. The van der Waals surface area contributed by atoms with Gasteiger partial charge in [-0.25, -0.2) is 0 Å². The van der Waals surface area contributed by atoms with Crippen LogP contribution < -0.4 is 5.32 Å². The molecule has 0 spiro atoms. The van der Waals surface area contributed by atoms with E-state index in [2.05, 4.69) is 10.3 Å². The molecule has 1 aromatic rings. The first kappa shape index (κ1) is 14.1. The molecule has 0 saturated carbocycles. The van der Waals surface area contributed by atoms with Crippen LogP contribution in [0.4, 0.5) is 0 Å². The number of allylic oxidation sites excluding steroid dienone is 1. The summed E-state index contributed by atoms with van der Waals surface area (Å²) in [5.74, 6) is -0.894. The summed E-state index contributed by atoms with van der Waals surface area (Å²) in [6, 6.07) is 0. The van der Waals surface area contributed by atoms with Gasteiger partial charge in [-0.3, -0.25) is 9.59 Å². The predicted octanol–water partition coefficient (Wildman–Crippen LogP) is 2.15. The molecule has 0 radical (unpaired) electrons. The molecule has 0 saturated heterocycles. The Kier molecular flexibility index (Phi) is 3.79. The normalized spacial score (nSPS) is 16.9. The van der Waals surface area contributed by atoms with Gasteiger partial charge in [0.2, 0.25) is 0 Å². The second-order valence-electron chi connectivity index (χ2n) is 5.02. The van der Waals surface area contributed by atoms with Crippen molar-refractivity contribution in [2.45, 2.75) is 33.6 Å². The quantitative estimate of drug-likeness (QED) is 0.786. The van der Waals surface area contributed by atoms with E-state index in [-0.39, 0.29) is 12.3 Å². The molecule has 1 aliphatic heterocycles. The number of hydrogen-bond donors (Lipinski definition) is 3. The van der Waals surface area contributed by atoms with Gasteiger partial charge in [0.05, 0.1) is 0 Å². The van der Waals surface area contributed by atoms with Crippen LogP contribution >= 0.6 is 0 Å². The van der Waals surface area contributed by atoms with Crippen LogP contribution in [0, 0.1) is 6.92 Å². The Hall–Kier alpha value is -2.30. The summed E-state index contributed by atoms with van der Waals surface area (Å²) in [5.41, 5.74) is 5.27. The molecule has 0 unspecified atom stereocenters. The number of carboxylic acids is 1. The number of carbonyl (C=O) groups is 2. The van der Waals surface area contributed by atoms with Crippen molar-refractivity contribution < 1.29 is 14.7 Å². The van der Waals surface area contributed by atoms with Crippen molar-refractivity contribution in [3.8, 4) is 0 Å². The maximum absolute atomic E-state index is 11.6. The van der Waals surface area contributed by atoms with Gasteiger partial charge in [0.15, 0.2) is 0 Å². The van der Waals surface area contributed by atoms with Gasteiger partial charge in [-0.2, -0.15) is 0 Å².